The number of ether oxygens (including phenoxy) is 2. The van der Waals surface area contributed by atoms with Crippen molar-refractivity contribution in [2.45, 2.75) is 32.4 Å². The summed E-state index contributed by atoms with van der Waals surface area (Å²) in [4.78, 5) is 5.50. The molecule has 1 aromatic carbocycles. The van der Waals surface area contributed by atoms with E-state index in [2.05, 4.69) is 17.2 Å². The smallest absolute Gasteiger partial charge is 0.141 e. The predicted octanol–water partition coefficient (Wildman–Crippen LogP) is 3.70. The summed E-state index contributed by atoms with van der Waals surface area (Å²) < 4.78 is 10.9. The van der Waals surface area contributed by atoms with Gasteiger partial charge in [0.25, 0.3) is 0 Å². The third kappa shape index (κ3) is 5.85. The van der Waals surface area contributed by atoms with Crippen molar-refractivity contribution in [3.8, 4) is 5.75 Å². The number of rotatable bonds is 10. The molecule has 1 aromatic heterocycles. The lowest BCUT2D eigenvalue weighted by molar-refractivity contribution is 0.0668. The summed E-state index contributed by atoms with van der Waals surface area (Å²) in [6, 6.07) is 9.83. The Balaban J connectivity index is 2.07. The van der Waals surface area contributed by atoms with Crippen molar-refractivity contribution in [2.24, 2.45) is 10.7 Å². The van der Waals surface area contributed by atoms with Gasteiger partial charge in [-0.25, -0.2) is 4.99 Å². The second-order valence-corrected chi connectivity index (χ2v) is 6.64. The van der Waals surface area contributed by atoms with E-state index in [1.54, 1.807) is 25.6 Å². The van der Waals surface area contributed by atoms with E-state index in [0.717, 1.165) is 47.7 Å². The number of nitrogens with one attached hydrogen (secondary N) is 1. The minimum Gasteiger partial charge on any atom is -0.496 e. The van der Waals surface area contributed by atoms with Crippen LogP contribution in [0.3, 0.4) is 0 Å². The van der Waals surface area contributed by atoms with Crippen molar-refractivity contribution in [3.63, 3.8) is 0 Å². The molecule has 0 aliphatic rings. The molecule has 3 N–H and O–H groups in total. The molecule has 1 atom stereocenters. The third-order valence-electron chi connectivity index (χ3n) is 3.89. The van der Waals surface area contributed by atoms with Gasteiger partial charge in [0.15, 0.2) is 0 Å². The highest BCUT2D eigenvalue weighted by Gasteiger charge is 2.08. The minimum absolute atomic E-state index is 0.0895. The van der Waals surface area contributed by atoms with E-state index in [4.69, 9.17) is 15.2 Å². The molecule has 0 saturated heterocycles. The van der Waals surface area contributed by atoms with Crippen LogP contribution in [0.25, 0.3) is 0 Å². The monoisotopic (exact) mass is 361 g/mol. The fourth-order valence-corrected chi connectivity index (χ4v) is 3.21. The standard InChI is InChI=1S/C19H27N3O2S/c1-4-6-18(24-3)21-11-10-14-13-15(8-9-16(14)23-2)22-19(20)17-7-5-12-25-17/h5,7-9,12-13,18,21H,4,6,10-11H2,1-3H3,(H2,20,22). The first-order valence-electron chi connectivity index (χ1n) is 8.49. The molecule has 25 heavy (non-hydrogen) atoms. The summed E-state index contributed by atoms with van der Waals surface area (Å²) in [6.07, 6.45) is 3.00. The summed E-state index contributed by atoms with van der Waals surface area (Å²) in [7, 11) is 3.42. The van der Waals surface area contributed by atoms with Crippen molar-refractivity contribution in [1.29, 1.82) is 0 Å². The zero-order chi connectivity index (χ0) is 18.1. The predicted molar refractivity (Wildman–Crippen MR) is 105 cm³/mol. The molecule has 0 fully saturated rings. The van der Waals surface area contributed by atoms with E-state index in [9.17, 15) is 0 Å². The number of thiophene rings is 1. The fourth-order valence-electron chi connectivity index (χ4n) is 2.58. The van der Waals surface area contributed by atoms with Crippen molar-refractivity contribution in [2.75, 3.05) is 20.8 Å². The molecule has 0 radical (unpaired) electrons. The lowest BCUT2D eigenvalue weighted by Crippen LogP contribution is -2.32. The van der Waals surface area contributed by atoms with Crippen LogP contribution in [0.5, 0.6) is 5.75 Å². The molecule has 2 aromatic rings. The molecule has 0 aliphatic heterocycles. The van der Waals surface area contributed by atoms with Gasteiger partial charge >= 0.3 is 0 Å². The van der Waals surface area contributed by atoms with Gasteiger partial charge in [-0.3, -0.25) is 5.32 Å². The minimum atomic E-state index is 0.0895. The van der Waals surface area contributed by atoms with E-state index < -0.39 is 0 Å². The first-order valence-corrected chi connectivity index (χ1v) is 9.37. The van der Waals surface area contributed by atoms with Crippen LogP contribution in [-0.4, -0.2) is 32.8 Å². The number of hydrogen-bond donors (Lipinski definition) is 2. The van der Waals surface area contributed by atoms with Crippen LogP contribution in [0.4, 0.5) is 5.69 Å². The normalized spacial score (nSPS) is 13.0. The van der Waals surface area contributed by atoms with E-state index in [1.807, 2.05) is 35.7 Å². The molecule has 1 heterocycles. The molecule has 6 heteroatoms. The molecule has 0 bridgehead atoms. The number of nitrogens with zero attached hydrogens (tertiary/aromatic N) is 1. The van der Waals surface area contributed by atoms with Crippen LogP contribution in [0, 0.1) is 0 Å². The van der Waals surface area contributed by atoms with Gasteiger partial charge < -0.3 is 15.2 Å². The Bertz CT molecular complexity index is 671. The first kappa shape index (κ1) is 19.4. The van der Waals surface area contributed by atoms with Gasteiger partial charge in [0.05, 0.1) is 17.7 Å². The van der Waals surface area contributed by atoms with Gasteiger partial charge in [-0.05, 0) is 48.1 Å². The van der Waals surface area contributed by atoms with Crippen LogP contribution < -0.4 is 15.8 Å². The Labute approximate surface area is 153 Å². The summed E-state index contributed by atoms with van der Waals surface area (Å²) in [5.74, 6) is 1.39. The molecular formula is C19H27N3O2S. The second-order valence-electron chi connectivity index (χ2n) is 5.69. The first-order chi connectivity index (χ1) is 12.2. The Morgan fingerprint density at radius 1 is 1.32 bits per heavy atom. The molecule has 1 unspecified atom stereocenters. The van der Waals surface area contributed by atoms with Crippen LogP contribution in [0.2, 0.25) is 0 Å². The topological polar surface area (TPSA) is 68.9 Å². The maximum atomic E-state index is 6.08. The fraction of sp³-hybridized carbons (Fsp3) is 0.421. The molecule has 2 rings (SSSR count). The van der Waals surface area contributed by atoms with E-state index >= 15 is 0 Å². The van der Waals surface area contributed by atoms with Crippen molar-refractivity contribution >= 4 is 22.9 Å². The number of hydrogen-bond acceptors (Lipinski definition) is 5. The lowest BCUT2D eigenvalue weighted by atomic mass is 10.1. The summed E-state index contributed by atoms with van der Waals surface area (Å²) in [5, 5.41) is 5.41. The zero-order valence-electron chi connectivity index (χ0n) is 15.1. The van der Waals surface area contributed by atoms with Gasteiger partial charge in [0.2, 0.25) is 0 Å². The quantitative estimate of drug-likeness (QED) is 0.385. The van der Waals surface area contributed by atoms with Crippen molar-refractivity contribution in [3.05, 3.63) is 46.2 Å². The number of benzene rings is 1. The van der Waals surface area contributed by atoms with Gasteiger partial charge in [-0.1, -0.05) is 19.4 Å². The molecule has 0 amide bonds. The summed E-state index contributed by atoms with van der Waals surface area (Å²) >= 11 is 1.58. The van der Waals surface area contributed by atoms with Gasteiger partial charge in [-0.15, -0.1) is 11.3 Å². The van der Waals surface area contributed by atoms with Crippen molar-refractivity contribution in [1.82, 2.24) is 5.32 Å². The lowest BCUT2D eigenvalue weighted by Gasteiger charge is -2.17. The Morgan fingerprint density at radius 3 is 2.80 bits per heavy atom. The van der Waals surface area contributed by atoms with Gasteiger partial charge in [-0.2, -0.15) is 0 Å². The summed E-state index contributed by atoms with van der Waals surface area (Å²) in [5.41, 5.74) is 8.01. The SMILES string of the molecule is CCCC(NCCc1cc(N=C(N)c2cccs2)ccc1OC)OC. The Kier molecular flexibility index (Phi) is 7.91. The number of methoxy groups -OCH3 is 2. The summed E-state index contributed by atoms with van der Waals surface area (Å²) in [6.45, 7) is 2.96. The molecule has 0 aliphatic carbocycles. The molecular weight excluding hydrogens is 334 g/mol. The maximum absolute atomic E-state index is 6.08. The van der Waals surface area contributed by atoms with E-state index in [1.165, 1.54) is 0 Å². The van der Waals surface area contributed by atoms with Crippen LogP contribution in [0.1, 0.15) is 30.2 Å². The average Bonchev–Trinajstić information content (AvgIpc) is 3.16. The molecule has 5 nitrogen and oxygen atoms in total. The van der Waals surface area contributed by atoms with Crippen LogP contribution in [0.15, 0.2) is 40.7 Å². The highest BCUT2D eigenvalue weighted by molar-refractivity contribution is 7.12. The highest BCUT2D eigenvalue weighted by atomic mass is 32.1. The number of aliphatic imine (C=N–C) groups is 1. The highest BCUT2D eigenvalue weighted by Crippen LogP contribution is 2.25. The van der Waals surface area contributed by atoms with Gasteiger partial charge in [0.1, 0.15) is 17.8 Å². The third-order valence-corrected chi connectivity index (χ3v) is 4.78. The average molecular weight is 362 g/mol. The largest absolute Gasteiger partial charge is 0.496 e. The molecule has 0 saturated carbocycles. The van der Waals surface area contributed by atoms with E-state index in [-0.39, 0.29) is 6.23 Å². The number of amidine groups is 1. The van der Waals surface area contributed by atoms with Gasteiger partial charge in [0, 0.05) is 13.7 Å². The Hall–Kier alpha value is -1.89. The molecule has 136 valence electrons. The number of nitrogens with two attached hydrogens (primary N) is 1. The van der Waals surface area contributed by atoms with Crippen LogP contribution >= 0.6 is 11.3 Å². The van der Waals surface area contributed by atoms with Crippen LogP contribution in [-0.2, 0) is 11.2 Å². The zero-order valence-corrected chi connectivity index (χ0v) is 15.9. The second kappa shape index (κ2) is 10.2. The van der Waals surface area contributed by atoms with Crippen molar-refractivity contribution < 1.29 is 9.47 Å². The maximum Gasteiger partial charge on any atom is 0.141 e. The molecule has 0 spiro atoms. The Morgan fingerprint density at radius 2 is 2.16 bits per heavy atom. The van der Waals surface area contributed by atoms with E-state index in [0.29, 0.717) is 5.84 Å².